The number of aromatic amines is 1. The first-order valence-corrected chi connectivity index (χ1v) is 9.04. The summed E-state index contributed by atoms with van der Waals surface area (Å²) < 4.78 is 25.4. The number of nitrogens with zero attached hydrogens (tertiary/aromatic N) is 4. The average molecular weight is 371 g/mol. The van der Waals surface area contributed by atoms with Crippen LogP contribution in [0.3, 0.4) is 0 Å². The van der Waals surface area contributed by atoms with Gasteiger partial charge in [0.2, 0.25) is 0 Å². The van der Waals surface area contributed by atoms with Gasteiger partial charge in [-0.15, -0.1) is 0 Å². The third-order valence-corrected chi connectivity index (χ3v) is 4.44. The van der Waals surface area contributed by atoms with Gasteiger partial charge < -0.3 is 14.4 Å². The van der Waals surface area contributed by atoms with E-state index in [9.17, 15) is 4.39 Å². The van der Waals surface area contributed by atoms with Crippen LogP contribution in [0.1, 0.15) is 20.8 Å². The van der Waals surface area contributed by atoms with Crippen molar-refractivity contribution >= 4 is 16.7 Å². The summed E-state index contributed by atoms with van der Waals surface area (Å²) in [4.78, 5) is 10.9. The number of anilines is 1. The van der Waals surface area contributed by atoms with Crippen LogP contribution in [-0.2, 0) is 4.74 Å². The molecule has 0 spiro atoms. The molecule has 0 saturated carbocycles. The van der Waals surface area contributed by atoms with Crippen LogP contribution in [-0.4, -0.2) is 52.1 Å². The van der Waals surface area contributed by atoms with Crippen LogP contribution in [0.15, 0.2) is 24.5 Å². The fourth-order valence-corrected chi connectivity index (χ4v) is 3.23. The number of nitrogens with one attached hydrogen (secondary N) is 1. The summed E-state index contributed by atoms with van der Waals surface area (Å²) in [6, 6.07) is 4.97. The summed E-state index contributed by atoms with van der Waals surface area (Å²) in [5, 5.41) is 7.98. The molecular formula is C19H22FN5O2. The first kappa shape index (κ1) is 17.7. The Labute approximate surface area is 156 Å². The number of halogens is 1. The zero-order valence-corrected chi connectivity index (χ0v) is 15.6. The predicted octanol–water partition coefficient (Wildman–Crippen LogP) is 3.17. The summed E-state index contributed by atoms with van der Waals surface area (Å²) in [5.41, 5.74) is 1.91. The van der Waals surface area contributed by atoms with E-state index in [0.29, 0.717) is 23.5 Å². The van der Waals surface area contributed by atoms with Gasteiger partial charge in [-0.3, -0.25) is 5.10 Å². The van der Waals surface area contributed by atoms with E-state index >= 15 is 0 Å². The molecule has 3 aromatic rings. The Hall–Kier alpha value is -2.74. The molecule has 1 atom stereocenters. The van der Waals surface area contributed by atoms with Crippen molar-refractivity contribution < 1.29 is 13.9 Å². The third-order valence-electron chi connectivity index (χ3n) is 4.44. The number of hydrogen-bond donors (Lipinski definition) is 1. The summed E-state index contributed by atoms with van der Waals surface area (Å²) in [6.45, 7) is 7.98. The average Bonchev–Trinajstić information content (AvgIpc) is 3.04. The Balaban J connectivity index is 1.73. The van der Waals surface area contributed by atoms with Crippen LogP contribution < -0.4 is 9.64 Å². The molecule has 0 unspecified atom stereocenters. The van der Waals surface area contributed by atoms with E-state index in [1.54, 1.807) is 6.07 Å². The summed E-state index contributed by atoms with van der Waals surface area (Å²) in [7, 11) is 0. The van der Waals surface area contributed by atoms with Crippen LogP contribution in [0.5, 0.6) is 5.75 Å². The molecule has 1 aliphatic heterocycles. The zero-order chi connectivity index (χ0) is 19.0. The second kappa shape index (κ2) is 7.11. The van der Waals surface area contributed by atoms with Gasteiger partial charge in [0.25, 0.3) is 0 Å². The molecule has 2 aromatic heterocycles. The molecule has 1 saturated heterocycles. The number of ether oxygens (including phenoxy) is 2. The van der Waals surface area contributed by atoms with Crippen molar-refractivity contribution in [3.63, 3.8) is 0 Å². The molecule has 142 valence electrons. The summed E-state index contributed by atoms with van der Waals surface area (Å²) in [5.74, 6) is 0.612. The van der Waals surface area contributed by atoms with Gasteiger partial charge in [0, 0.05) is 30.6 Å². The van der Waals surface area contributed by atoms with Gasteiger partial charge >= 0.3 is 0 Å². The van der Waals surface area contributed by atoms with E-state index in [2.05, 4.69) is 25.1 Å². The molecule has 7 nitrogen and oxygen atoms in total. The number of rotatable bonds is 4. The minimum absolute atomic E-state index is 0.124. The van der Waals surface area contributed by atoms with E-state index in [0.717, 1.165) is 24.3 Å². The maximum absolute atomic E-state index is 14.2. The Bertz CT molecular complexity index is 958. The van der Waals surface area contributed by atoms with Crippen LogP contribution in [0.25, 0.3) is 22.3 Å². The molecular weight excluding hydrogens is 349 g/mol. The van der Waals surface area contributed by atoms with Crippen molar-refractivity contribution in [2.24, 2.45) is 0 Å². The van der Waals surface area contributed by atoms with E-state index in [-0.39, 0.29) is 18.0 Å². The molecule has 1 aliphatic rings. The van der Waals surface area contributed by atoms with E-state index < -0.39 is 5.82 Å². The summed E-state index contributed by atoms with van der Waals surface area (Å²) in [6.07, 6.45) is 1.56. The first-order valence-electron chi connectivity index (χ1n) is 9.04. The highest BCUT2D eigenvalue weighted by atomic mass is 19.1. The number of benzene rings is 1. The Morgan fingerprint density at radius 1 is 1.30 bits per heavy atom. The molecule has 0 amide bonds. The van der Waals surface area contributed by atoms with Crippen molar-refractivity contribution in [1.29, 1.82) is 0 Å². The number of H-pyrrole nitrogens is 1. The van der Waals surface area contributed by atoms with E-state index in [4.69, 9.17) is 9.47 Å². The molecule has 0 radical (unpaired) electrons. The highest BCUT2D eigenvalue weighted by Gasteiger charge is 2.20. The lowest BCUT2D eigenvalue weighted by atomic mass is 10.1. The topological polar surface area (TPSA) is 76.2 Å². The normalized spacial score (nSPS) is 17.7. The van der Waals surface area contributed by atoms with Crippen LogP contribution in [0, 0.1) is 5.82 Å². The van der Waals surface area contributed by atoms with E-state index in [1.807, 2.05) is 26.8 Å². The molecule has 0 aliphatic carbocycles. The van der Waals surface area contributed by atoms with Gasteiger partial charge in [-0.1, -0.05) is 0 Å². The van der Waals surface area contributed by atoms with Crippen molar-refractivity contribution in [3.05, 3.63) is 30.3 Å². The Morgan fingerprint density at radius 3 is 2.93 bits per heavy atom. The fourth-order valence-electron chi connectivity index (χ4n) is 3.23. The van der Waals surface area contributed by atoms with Crippen LogP contribution in [0.4, 0.5) is 10.2 Å². The van der Waals surface area contributed by atoms with Crippen LogP contribution in [0.2, 0.25) is 0 Å². The van der Waals surface area contributed by atoms with Gasteiger partial charge in [0.05, 0.1) is 30.0 Å². The highest BCUT2D eigenvalue weighted by molar-refractivity contribution is 5.93. The summed E-state index contributed by atoms with van der Waals surface area (Å²) >= 11 is 0. The SMILES string of the molecule is CC(C)Oc1cc2c(-c3cc(N4CCO[C@@H](C)C4)ncn3)n[nH]c2cc1F. The maximum atomic E-state index is 14.2. The predicted molar refractivity (Wildman–Crippen MR) is 100 cm³/mol. The number of fused-ring (bicyclic) bond motifs is 1. The minimum Gasteiger partial charge on any atom is -0.488 e. The molecule has 4 rings (SSSR count). The molecule has 0 bridgehead atoms. The number of aromatic nitrogens is 4. The minimum atomic E-state index is -0.419. The van der Waals surface area contributed by atoms with E-state index in [1.165, 1.54) is 12.4 Å². The largest absolute Gasteiger partial charge is 0.488 e. The molecule has 1 aromatic carbocycles. The van der Waals surface area contributed by atoms with Crippen molar-refractivity contribution in [2.45, 2.75) is 33.0 Å². The Kier molecular flexibility index (Phi) is 4.65. The van der Waals surface area contributed by atoms with Crippen LogP contribution >= 0.6 is 0 Å². The monoisotopic (exact) mass is 371 g/mol. The smallest absolute Gasteiger partial charge is 0.167 e. The number of hydrogen-bond acceptors (Lipinski definition) is 6. The molecule has 1 fully saturated rings. The molecule has 8 heteroatoms. The molecule has 1 N–H and O–H groups in total. The van der Waals surface area contributed by atoms with Gasteiger partial charge in [0.15, 0.2) is 11.6 Å². The lowest BCUT2D eigenvalue weighted by Crippen LogP contribution is -2.41. The van der Waals surface area contributed by atoms with Crippen molar-refractivity contribution in [3.8, 4) is 17.1 Å². The van der Waals surface area contributed by atoms with Crippen molar-refractivity contribution in [1.82, 2.24) is 20.2 Å². The van der Waals surface area contributed by atoms with Crippen molar-refractivity contribution in [2.75, 3.05) is 24.6 Å². The molecule has 3 heterocycles. The third kappa shape index (κ3) is 3.57. The standard InChI is InChI=1S/C19H22FN5O2/c1-11(2)27-17-6-13-15(7-14(17)20)23-24-19(13)16-8-18(22-10-21-16)25-4-5-26-12(3)9-25/h6-8,10-12H,4-5,9H2,1-3H3,(H,23,24)/t12-/m0/s1. The Morgan fingerprint density at radius 2 is 2.15 bits per heavy atom. The lowest BCUT2D eigenvalue weighted by molar-refractivity contribution is 0.0529. The highest BCUT2D eigenvalue weighted by Crippen LogP contribution is 2.31. The fraction of sp³-hybridized carbons (Fsp3) is 0.421. The van der Waals surface area contributed by atoms with Gasteiger partial charge in [0.1, 0.15) is 17.8 Å². The maximum Gasteiger partial charge on any atom is 0.167 e. The molecule has 27 heavy (non-hydrogen) atoms. The quantitative estimate of drug-likeness (QED) is 0.759. The number of morpholine rings is 1. The van der Waals surface area contributed by atoms with Gasteiger partial charge in [-0.05, 0) is 26.8 Å². The first-order chi connectivity index (χ1) is 13.0. The zero-order valence-electron chi connectivity index (χ0n) is 15.6. The lowest BCUT2D eigenvalue weighted by Gasteiger charge is -2.31. The second-order valence-electron chi connectivity index (χ2n) is 6.96. The second-order valence-corrected chi connectivity index (χ2v) is 6.96. The van der Waals surface area contributed by atoms with Gasteiger partial charge in [-0.25, -0.2) is 14.4 Å². The van der Waals surface area contributed by atoms with Gasteiger partial charge in [-0.2, -0.15) is 5.10 Å².